The molecular weight excluding hydrogens is 228 g/mol. The molecule has 0 radical (unpaired) electrons. The minimum Gasteiger partial charge on any atom is -0.496 e. The van der Waals surface area contributed by atoms with E-state index in [0.717, 1.165) is 30.9 Å². The van der Waals surface area contributed by atoms with Crippen molar-refractivity contribution in [2.75, 3.05) is 26.7 Å². The normalized spacial score (nSPS) is 19.7. The Labute approximate surface area is 108 Å². The van der Waals surface area contributed by atoms with Gasteiger partial charge in [0.1, 0.15) is 5.75 Å². The zero-order valence-corrected chi connectivity index (χ0v) is 11.0. The number of amides is 1. The number of hydrogen-bond donors (Lipinski definition) is 1. The summed E-state index contributed by atoms with van der Waals surface area (Å²) in [6.07, 6.45) is 0.413. The van der Waals surface area contributed by atoms with Crippen molar-refractivity contribution in [3.63, 3.8) is 0 Å². The number of carbonyl (C=O) groups excluding carboxylic acids is 1. The smallest absolute Gasteiger partial charge is 0.227 e. The predicted molar refractivity (Wildman–Crippen MR) is 70.7 cm³/mol. The van der Waals surface area contributed by atoms with Crippen LogP contribution in [0.3, 0.4) is 0 Å². The third kappa shape index (κ3) is 3.01. The molecule has 4 heteroatoms. The molecule has 1 aromatic rings. The molecule has 0 saturated carbocycles. The Bertz CT molecular complexity index is 420. The molecular formula is C14H20N2O2. The number of benzene rings is 1. The lowest BCUT2D eigenvalue weighted by Gasteiger charge is -2.32. The number of hydrogen-bond acceptors (Lipinski definition) is 3. The highest BCUT2D eigenvalue weighted by Crippen LogP contribution is 2.18. The maximum Gasteiger partial charge on any atom is 0.227 e. The zero-order valence-electron chi connectivity index (χ0n) is 11.0. The highest BCUT2D eigenvalue weighted by atomic mass is 16.5. The number of ether oxygens (including phenoxy) is 1. The summed E-state index contributed by atoms with van der Waals surface area (Å²) in [7, 11) is 1.64. The van der Waals surface area contributed by atoms with Gasteiger partial charge in [-0.05, 0) is 13.0 Å². The van der Waals surface area contributed by atoms with Gasteiger partial charge in [0.25, 0.3) is 0 Å². The van der Waals surface area contributed by atoms with Crippen LogP contribution in [0.4, 0.5) is 0 Å². The van der Waals surface area contributed by atoms with E-state index in [4.69, 9.17) is 4.74 Å². The summed E-state index contributed by atoms with van der Waals surface area (Å²) >= 11 is 0. The van der Waals surface area contributed by atoms with Gasteiger partial charge in [-0.15, -0.1) is 0 Å². The number of nitrogens with one attached hydrogen (secondary N) is 1. The molecule has 2 rings (SSSR count). The second-order valence-electron chi connectivity index (χ2n) is 4.68. The van der Waals surface area contributed by atoms with Gasteiger partial charge in [-0.2, -0.15) is 0 Å². The molecule has 1 saturated heterocycles. The van der Waals surface area contributed by atoms with E-state index in [1.807, 2.05) is 29.2 Å². The minimum atomic E-state index is 0.174. The van der Waals surface area contributed by atoms with Crippen LogP contribution in [0.1, 0.15) is 12.5 Å². The third-order valence-corrected chi connectivity index (χ3v) is 3.26. The van der Waals surface area contributed by atoms with E-state index < -0.39 is 0 Å². The molecule has 1 heterocycles. The Morgan fingerprint density at radius 3 is 3.00 bits per heavy atom. The van der Waals surface area contributed by atoms with Gasteiger partial charge >= 0.3 is 0 Å². The van der Waals surface area contributed by atoms with Crippen molar-refractivity contribution in [2.24, 2.45) is 0 Å². The van der Waals surface area contributed by atoms with E-state index in [0.29, 0.717) is 12.5 Å². The summed E-state index contributed by atoms with van der Waals surface area (Å²) in [5.41, 5.74) is 0.955. The molecule has 18 heavy (non-hydrogen) atoms. The van der Waals surface area contributed by atoms with E-state index in [1.54, 1.807) is 7.11 Å². The lowest BCUT2D eigenvalue weighted by Crippen LogP contribution is -2.51. The molecule has 0 aliphatic carbocycles. The minimum absolute atomic E-state index is 0.174. The maximum atomic E-state index is 12.2. The topological polar surface area (TPSA) is 41.6 Å². The van der Waals surface area contributed by atoms with Crippen LogP contribution >= 0.6 is 0 Å². The molecule has 0 unspecified atom stereocenters. The molecule has 0 aromatic heterocycles. The molecule has 1 N–H and O–H groups in total. The highest BCUT2D eigenvalue weighted by Gasteiger charge is 2.21. The van der Waals surface area contributed by atoms with E-state index in [9.17, 15) is 4.79 Å². The van der Waals surface area contributed by atoms with Crippen LogP contribution in [0.2, 0.25) is 0 Å². The van der Waals surface area contributed by atoms with E-state index in [1.165, 1.54) is 0 Å². The van der Waals surface area contributed by atoms with Gasteiger partial charge in [-0.25, -0.2) is 0 Å². The molecule has 1 amide bonds. The van der Waals surface area contributed by atoms with E-state index in [2.05, 4.69) is 12.2 Å². The lowest BCUT2D eigenvalue weighted by atomic mass is 10.1. The summed E-state index contributed by atoms with van der Waals surface area (Å²) < 4.78 is 5.27. The number of para-hydroxylation sites is 1. The summed E-state index contributed by atoms with van der Waals surface area (Å²) in [6, 6.07) is 8.07. The fourth-order valence-corrected chi connectivity index (χ4v) is 2.28. The van der Waals surface area contributed by atoms with Crippen LogP contribution in [-0.2, 0) is 11.2 Å². The SMILES string of the molecule is COc1ccccc1CC(=O)N1CCN[C@H](C)C1. The molecule has 1 atom stereocenters. The fourth-order valence-electron chi connectivity index (χ4n) is 2.28. The van der Waals surface area contributed by atoms with Crippen LogP contribution in [-0.4, -0.2) is 43.6 Å². The van der Waals surface area contributed by atoms with Crippen molar-refractivity contribution >= 4 is 5.91 Å². The van der Waals surface area contributed by atoms with E-state index >= 15 is 0 Å². The van der Waals surface area contributed by atoms with Crippen molar-refractivity contribution in [1.29, 1.82) is 0 Å². The van der Waals surface area contributed by atoms with Crippen LogP contribution in [0.15, 0.2) is 24.3 Å². The van der Waals surface area contributed by atoms with Gasteiger partial charge in [0, 0.05) is 31.2 Å². The zero-order chi connectivity index (χ0) is 13.0. The van der Waals surface area contributed by atoms with Gasteiger partial charge in [0.05, 0.1) is 13.5 Å². The monoisotopic (exact) mass is 248 g/mol. The van der Waals surface area contributed by atoms with Gasteiger partial charge in [0.15, 0.2) is 0 Å². The van der Waals surface area contributed by atoms with Gasteiger partial charge in [0.2, 0.25) is 5.91 Å². The molecule has 4 nitrogen and oxygen atoms in total. The highest BCUT2D eigenvalue weighted by molar-refractivity contribution is 5.79. The van der Waals surface area contributed by atoms with Crippen LogP contribution < -0.4 is 10.1 Å². The van der Waals surface area contributed by atoms with Crippen molar-refractivity contribution < 1.29 is 9.53 Å². The first-order chi connectivity index (χ1) is 8.70. The number of methoxy groups -OCH3 is 1. The quantitative estimate of drug-likeness (QED) is 0.869. The average molecular weight is 248 g/mol. The Hall–Kier alpha value is -1.55. The molecule has 1 fully saturated rings. The Morgan fingerprint density at radius 2 is 2.28 bits per heavy atom. The lowest BCUT2D eigenvalue weighted by molar-refractivity contribution is -0.131. The molecule has 0 bridgehead atoms. The number of piperazine rings is 1. The second kappa shape index (κ2) is 5.87. The van der Waals surface area contributed by atoms with Gasteiger partial charge in [-0.3, -0.25) is 4.79 Å². The fraction of sp³-hybridized carbons (Fsp3) is 0.500. The third-order valence-electron chi connectivity index (χ3n) is 3.26. The molecule has 1 aliphatic heterocycles. The van der Waals surface area contributed by atoms with Crippen LogP contribution in [0, 0.1) is 0 Å². The second-order valence-corrected chi connectivity index (χ2v) is 4.68. The summed E-state index contributed by atoms with van der Waals surface area (Å²) in [4.78, 5) is 14.1. The predicted octanol–water partition coefficient (Wildman–Crippen LogP) is 1.06. The summed E-state index contributed by atoms with van der Waals surface area (Å²) in [5, 5.41) is 3.33. The Morgan fingerprint density at radius 1 is 1.50 bits per heavy atom. The summed E-state index contributed by atoms with van der Waals surface area (Å²) in [5.74, 6) is 0.960. The van der Waals surface area contributed by atoms with Crippen molar-refractivity contribution in [2.45, 2.75) is 19.4 Å². The van der Waals surface area contributed by atoms with Gasteiger partial charge in [-0.1, -0.05) is 18.2 Å². The Kier molecular flexibility index (Phi) is 4.20. The number of carbonyl (C=O) groups is 1. The Balaban J connectivity index is 2.02. The van der Waals surface area contributed by atoms with Gasteiger partial charge < -0.3 is 15.0 Å². The first kappa shape index (κ1) is 12.9. The summed E-state index contributed by atoms with van der Waals surface area (Å²) in [6.45, 7) is 4.55. The molecule has 1 aliphatic rings. The molecule has 0 spiro atoms. The van der Waals surface area contributed by atoms with Crippen LogP contribution in [0.5, 0.6) is 5.75 Å². The first-order valence-electron chi connectivity index (χ1n) is 6.33. The van der Waals surface area contributed by atoms with Crippen molar-refractivity contribution in [3.8, 4) is 5.75 Å². The van der Waals surface area contributed by atoms with Crippen molar-refractivity contribution in [1.82, 2.24) is 10.2 Å². The van der Waals surface area contributed by atoms with Crippen molar-refractivity contribution in [3.05, 3.63) is 29.8 Å². The molecule has 1 aromatic carbocycles. The first-order valence-corrected chi connectivity index (χ1v) is 6.33. The average Bonchev–Trinajstić information content (AvgIpc) is 2.39. The van der Waals surface area contributed by atoms with Crippen LogP contribution in [0.25, 0.3) is 0 Å². The standard InChI is InChI=1S/C14H20N2O2/c1-11-10-16(8-7-15-11)14(17)9-12-5-3-4-6-13(12)18-2/h3-6,11,15H,7-10H2,1-2H3/t11-/m1/s1. The number of rotatable bonds is 3. The maximum absolute atomic E-state index is 12.2. The number of nitrogens with zero attached hydrogens (tertiary/aromatic N) is 1. The van der Waals surface area contributed by atoms with E-state index in [-0.39, 0.29) is 5.91 Å². The molecule has 98 valence electrons. The largest absolute Gasteiger partial charge is 0.496 e.